The summed E-state index contributed by atoms with van der Waals surface area (Å²) in [6.45, 7) is 5.38. The molecule has 0 aliphatic carbocycles. The van der Waals surface area contributed by atoms with Gasteiger partial charge < -0.3 is 10.4 Å². The van der Waals surface area contributed by atoms with Gasteiger partial charge in [0, 0.05) is 11.4 Å². The van der Waals surface area contributed by atoms with E-state index in [1.807, 2.05) is 0 Å². The van der Waals surface area contributed by atoms with E-state index in [2.05, 4.69) is 10.5 Å². The standard InChI is InChI=1S/C5H11NO2.C3H8ClNO2S/c1-5(2,3)6-4(7)8;4-2-1-3-8(5,6)7/h6H,1-3H3,(H,7,8);1-3H2,(H2,5,6,7). The van der Waals surface area contributed by atoms with E-state index < -0.39 is 16.1 Å². The molecule has 8 heteroatoms. The Hall–Kier alpha value is -0.530. The van der Waals surface area contributed by atoms with E-state index >= 15 is 0 Å². The van der Waals surface area contributed by atoms with Crippen LogP contribution >= 0.6 is 11.6 Å². The van der Waals surface area contributed by atoms with Gasteiger partial charge in [0.05, 0.1) is 5.75 Å². The summed E-state index contributed by atoms with van der Waals surface area (Å²) in [6, 6.07) is 0. The van der Waals surface area contributed by atoms with Crippen LogP contribution in [0.3, 0.4) is 0 Å². The molecule has 4 N–H and O–H groups in total. The average Bonchev–Trinajstić information content (AvgIpc) is 1.95. The highest BCUT2D eigenvalue weighted by Gasteiger charge is 2.10. The average molecular weight is 275 g/mol. The molecule has 0 aliphatic rings. The van der Waals surface area contributed by atoms with Crippen LogP contribution in [0.2, 0.25) is 0 Å². The lowest BCUT2D eigenvalue weighted by Crippen LogP contribution is -2.39. The van der Waals surface area contributed by atoms with Crippen LogP contribution in [-0.4, -0.2) is 36.8 Å². The van der Waals surface area contributed by atoms with Gasteiger partial charge in [0.1, 0.15) is 0 Å². The van der Waals surface area contributed by atoms with Crippen molar-refractivity contribution in [3.63, 3.8) is 0 Å². The zero-order chi connectivity index (χ0) is 13.4. The minimum absolute atomic E-state index is 0.0174. The molecule has 0 aliphatic heterocycles. The number of nitrogens with one attached hydrogen (secondary N) is 1. The molecule has 0 aromatic carbocycles. The molecule has 0 aromatic rings. The second kappa shape index (κ2) is 7.70. The summed E-state index contributed by atoms with van der Waals surface area (Å²) in [6.07, 6.45) is -0.544. The number of halogens is 1. The van der Waals surface area contributed by atoms with Gasteiger partial charge in [-0.3, -0.25) is 0 Å². The van der Waals surface area contributed by atoms with E-state index in [1.54, 1.807) is 20.8 Å². The number of sulfonamides is 1. The number of carbonyl (C=O) groups is 1. The predicted octanol–water partition coefficient (Wildman–Crippen LogP) is 0.956. The third kappa shape index (κ3) is 23.4. The van der Waals surface area contributed by atoms with E-state index in [1.165, 1.54) is 0 Å². The van der Waals surface area contributed by atoms with Crippen LogP contribution in [0.25, 0.3) is 0 Å². The normalized spacial score (nSPS) is 11.3. The summed E-state index contributed by atoms with van der Waals surface area (Å²) in [5.74, 6) is 0.326. The molecule has 0 aromatic heterocycles. The van der Waals surface area contributed by atoms with Crippen molar-refractivity contribution >= 4 is 27.7 Å². The van der Waals surface area contributed by atoms with Crippen molar-refractivity contribution in [2.45, 2.75) is 32.7 Å². The Morgan fingerprint density at radius 3 is 1.94 bits per heavy atom. The molecule has 16 heavy (non-hydrogen) atoms. The molecular formula is C8H19ClN2O4S. The number of nitrogens with two attached hydrogens (primary N) is 1. The van der Waals surface area contributed by atoms with Crippen LogP contribution in [0.5, 0.6) is 0 Å². The highest BCUT2D eigenvalue weighted by molar-refractivity contribution is 7.89. The topological polar surface area (TPSA) is 109 Å². The van der Waals surface area contributed by atoms with Gasteiger partial charge in [-0.15, -0.1) is 11.6 Å². The van der Waals surface area contributed by atoms with Gasteiger partial charge in [0.2, 0.25) is 10.0 Å². The van der Waals surface area contributed by atoms with Crippen LogP contribution in [0.4, 0.5) is 4.79 Å². The molecule has 0 radical (unpaired) electrons. The first-order valence-corrected chi connectivity index (χ1v) is 6.80. The highest BCUT2D eigenvalue weighted by atomic mass is 35.5. The van der Waals surface area contributed by atoms with E-state index in [0.29, 0.717) is 12.3 Å². The Balaban J connectivity index is 0. The first kappa shape index (κ1) is 17.9. The molecule has 0 bridgehead atoms. The second-order valence-electron chi connectivity index (χ2n) is 4.09. The van der Waals surface area contributed by atoms with Crippen molar-refractivity contribution in [3.8, 4) is 0 Å². The number of rotatable bonds is 3. The summed E-state index contributed by atoms with van der Waals surface area (Å²) in [4.78, 5) is 9.90. The van der Waals surface area contributed by atoms with Gasteiger partial charge in [-0.05, 0) is 27.2 Å². The van der Waals surface area contributed by atoms with Crippen LogP contribution in [0, 0.1) is 0 Å². The van der Waals surface area contributed by atoms with E-state index in [0.717, 1.165) is 0 Å². The molecule has 0 spiro atoms. The largest absolute Gasteiger partial charge is 0.465 e. The Morgan fingerprint density at radius 1 is 1.44 bits per heavy atom. The monoisotopic (exact) mass is 274 g/mol. The van der Waals surface area contributed by atoms with Crippen LogP contribution < -0.4 is 10.5 Å². The number of amides is 1. The maximum Gasteiger partial charge on any atom is 0.405 e. The van der Waals surface area contributed by atoms with Crippen LogP contribution in [-0.2, 0) is 10.0 Å². The third-order valence-electron chi connectivity index (χ3n) is 1.04. The number of alkyl halides is 1. The first-order valence-electron chi connectivity index (χ1n) is 4.55. The minimum atomic E-state index is -3.27. The summed E-state index contributed by atoms with van der Waals surface area (Å²) in [5.41, 5.74) is -0.328. The molecular weight excluding hydrogens is 256 g/mol. The molecule has 6 nitrogen and oxygen atoms in total. The summed E-state index contributed by atoms with van der Waals surface area (Å²) in [7, 11) is -3.27. The highest BCUT2D eigenvalue weighted by Crippen LogP contribution is 1.96. The maximum absolute atomic E-state index is 10.1. The van der Waals surface area contributed by atoms with Crippen molar-refractivity contribution in [3.05, 3.63) is 0 Å². The van der Waals surface area contributed by atoms with E-state index in [4.69, 9.17) is 16.7 Å². The molecule has 0 rings (SSSR count). The summed E-state index contributed by atoms with van der Waals surface area (Å²) < 4.78 is 20.2. The van der Waals surface area contributed by atoms with Crippen molar-refractivity contribution in [2.75, 3.05) is 11.6 Å². The van der Waals surface area contributed by atoms with Crippen molar-refractivity contribution in [1.82, 2.24) is 5.32 Å². The lowest BCUT2D eigenvalue weighted by Gasteiger charge is -2.16. The number of carboxylic acid groups (broad SMARTS) is 1. The lowest BCUT2D eigenvalue weighted by molar-refractivity contribution is 0.184. The lowest BCUT2D eigenvalue weighted by atomic mass is 10.1. The van der Waals surface area contributed by atoms with E-state index in [9.17, 15) is 13.2 Å². The quantitative estimate of drug-likeness (QED) is 0.666. The number of primary sulfonamides is 1. The molecule has 0 heterocycles. The SMILES string of the molecule is CC(C)(C)NC(=O)O.NS(=O)(=O)CCCCl. The number of hydrogen-bond donors (Lipinski definition) is 3. The van der Waals surface area contributed by atoms with Gasteiger partial charge >= 0.3 is 6.09 Å². The fourth-order valence-corrected chi connectivity index (χ4v) is 1.42. The van der Waals surface area contributed by atoms with Gasteiger partial charge in [-0.1, -0.05) is 0 Å². The Bertz CT molecular complexity index is 298. The Labute approximate surface area is 101 Å². The summed E-state index contributed by atoms with van der Waals surface area (Å²) >= 11 is 5.19. The first-order chi connectivity index (χ1) is 6.98. The molecule has 98 valence electrons. The van der Waals surface area contributed by atoms with Gasteiger partial charge in [-0.25, -0.2) is 18.4 Å². The molecule has 0 saturated heterocycles. The Morgan fingerprint density at radius 2 is 1.88 bits per heavy atom. The zero-order valence-electron chi connectivity index (χ0n) is 9.66. The number of hydrogen-bond acceptors (Lipinski definition) is 3. The van der Waals surface area contributed by atoms with Gasteiger partial charge in [0.15, 0.2) is 0 Å². The smallest absolute Gasteiger partial charge is 0.405 e. The van der Waals surface area contributed by atoms with Gasteiger partial charge in [-0.2, -0.15) is 0 Å². The van der Waals surface area contributed by atoms with Crippen molar-refractivity contribution in [2.24, 2.45) is 5.14 Å². The van der Waals surface area contributed by atoms with Crippen molar-refractivity contribution in [1.29, 1.82) is 0 Å². The van der Waals surface area contributed by atoms with Crippen LogP contribution in [0.15, 0.2) is 0 Å². The van der Waals surface area contributed by atoms with Crippen molar-refractivity contribution < 1.29 is 18.3 Å². The molecule has 0 unspecified atom stereocenters. The third-order valence-corrected chi connectivity index (χ3v) is 2.17. The Kier molecular flexibility index (Phi) is 8.59. The molecule has 0 saturated carbocycles. The zero-order valence-corrected chi connectivity index (χ0v) is 11.2. The molecule has 0 atom stereocenters. The summed E-state index contributed by atoms with van der Waals surface area (Å²) in [5, 5.41) is 15.1. The predicted molar refractivity (Wildman–Crippen MR) is 64.2 cm³/mol. The van der Waals surface area contributed by atoms with E-state index in [-0.39, 0.29) is 11.3 Å². The van der Waals surface area contributed by atoms with Gasteiger partial charge in [0.25, 0.3) is 0 Å². The fraction of sp³-hybridized carbons (Fsp3) is 0.875. The minimum Gasteiger partial charge on any atom is -0.465 e. The molecule has 0 fully saturated rings. The second-order valence-corrected chi connectivity index (χ2v) is 6.20. The maximum atomic E-state index is 10.1. The molecule has 1 amide bonds. The fourth-order valence-electron chi connectivity index (χ4n) is 0.577. The van der Waals surface area contributed by atoms with Crippen LogP contribution in [0.1, 0.15) is 27.2 Å².